The molecule has 2 amide bonds. The smallest absolute Gasteiger partial charge is 0.251 e. The zero-order valence-corrected chi connectivity index (χ0v) is 18.0. The van der Waals surface area contributed by atoms with Crippen molar-refractivity contribution in [3.05, 3.63) is 95.8 Å². The Kier molecular flexibility index (Phi) is 6.60. The first-order valence-corrected chi connectivity index (χ1v) is 10.8. The molecule has 0 bridgehead atoms. The molecule has 0 aliphatic heterocycles. The minimum absolute atomic E-state index is 0.0555. The van der Waals surface area contributed by atoms with E-state index in [4.69, 9.17) is 4.98 Å². The SMILES string of the molecule is CCNC(=O)c1cccc(CNC(=O)CCc2nc3ccccc3n2-c2ccccc2)c1. The predicted octanol–water partition coefficient (Wildman–Crippen LogP) is 4.02. The monoisotopic (exact) mass is 426 g/mol. The second-order valence-corrected chi connectivity index (χ2v) is 7.52. The lowest BCUT2D eigenvalue weighted by atomic mass is 10.1. The third kappa shape index (κ3) is 4.86. The average Bonchev–Trinajstić information content (AvgIpc) is 3.21. The van der Waals surface area contributed by atoms with Crippen LogP contribution in [0.25, 0.3) is 16.7 Å². The van der Waals surface area contributed by atoms with Crippen LogP contribution >= 0.6 is 0 Å². The number of aromatic nitrogens is 2. The first-order chi connectivity index (χ1) is 15.7. The number of aryl methyl sites for hydroxylation is 1. The second-order valence-electron chi connectivity index (χ2n) is 7.52. The van der Waals surface area contributed by atoms with Gasteiger partial charge in [0.25, 0.3) is 5.91 Å². The molecule has 0 radical (unpaired) electrons. The summed E-state index contributed by atoms with van der Waals surface area (Å²) < 4.78 is 2.11. The van der Waals surface area contributed by atoms with Gasteiger partial charge in [-0.25, -0.2) is 4.98 Å². The van der Waals surface area contributed by atoms with Gasteiger partial charge in [-0.1, -0.05) is 42.5 Å². The van der Waals surface area contributed by atoms with Gasteiger partial charge in [-0.05, 0) is 48.9 Å². The summed E-state index contributed by atoms with van der Waals surface area (Å²) in [5.41, 5.74) is 4.44. The van der Waals surface area contributed by atoms with Crippen LogP contribution in [0, 0.1) is 0 Å². The van der Waals surface area contributed by atoms with E-state index in [1.54, 1.807) is 12.1 Å². The molecule has 0 spiro atoms. The average molecular weight is 427 g/mol. The number of nitrogens with one attached hydrogen (secondary N) is 2. The van der Waals surface area contributed by atoms with Gasteiger partial charge < -0.3 is 10.6 Å². The zero-order valence-electron chi connectivity index (χ0n) is 18.0. The molecule has 0 aliphatic carbocycles. The maximum Gasteiger partial charge on any atom is 0.251 e. The molecular formula is C26H26N4O2. The summed E-state index contributed by atoms with van der Waals surface area (Å²) in [6.45, 7) is 2.84. The molecule has 1 aromatic heterocycles. The van der Waals surface area contributed by atoms with Crippen molar-refractivity contribution in [1.29, 1.82) is 0 Å². The van der Waals surface area contributed by atoms with E-state index in [-0.39, 0.29) is 11.8 Å². The number of hydrogen-bond donors (Lipinski definition) is 2. The molecule has 4 aromatic rings. The van der Waals surface area contributed by atoms with Crippen LogP contribution in [-0.2, 0) is 17.8 Å². The number of para-hydroxylation sites is 3. The normalized spacial score (nSPS) is 10.8. The molecule has 32 heavy (non-hydrogen) atoms. The molecule has 162 valence electrons. The molecule has 0 aliphatic rings. The van der Waals surface area contributed by atoms with Crippen LogP contribution in [0.15, 0.2) is 78.9 Å². The molecule has 1 heterocycles. The van der Waals surface area contributed by atoms with Crippen LogP contribution in [0.2, 0.25) is 0 Å². The third-order valence-electron chi connectivity index (χ3n) is 5.24. The quantitative estimate of drug-likeness (QED) is 0.447. The number of rotatable bonds is 8. The fourth-order valence-corrected chi connectivity index (χ4v) is 3.71. The summed E-state index contributed by atoms with van der Waals surface area (Å²) in [5, 5.41) is 5.74. The van der Waals surface area contributed by atoms with Crippen molar-refractivity contribution in [2.75, 3.05) is 6.54 Å². The molecule has 0 atom stereocenters. The summed E-state index contributed by atoms with van der Waals surface area (Å²) in [5.74, 6) is 0.686. The van der Waals surface area contributed by atoms with Crippen molar-refractivity contribution in [2.24, 2.45) is 0 Å². The number of hydrogen-bond acceptors (Lipinski definition) is 3. The first-order valence-electron chi connectivity index (χ1n) is 10.8. The highest BCUT2D eigenvalue weighted by Gasteiger charge is 2.14. The molecule has 0 unspecified atom stereocenters. The van der Waals surface area contributed by atoms with E-state index in [0.29, 0.717) is 31.5 Å². The number of amides is 2. The van der Waals surface area contributed by atoms with Crippen molar-refractivity contribution in [3.8, 4) is 5.69 Å². The highest BCUT2D eigenvalue weighted by molar-refractivity contribution is 5.94. The van der Waals surface area contributed by atoms with Crippen LogP contribution in [-0.4, -0.2) is 27.9 Å². The number of carbonyl (C=O) groups excluding carboxylic acids is 2. The summed E-state index contributed by atoms with van der Waals surface area (Å²) in [6, 6.07) is 25.3. The lowest BCUT2D eigenvalue weighted by molar-refractivity contribution is -0.121. The standard InChI is InChI=1S/C26H26N4O2/c1-2-27-26(32)20-10-8-9-19(17-20)18-28-25(31)16-15-24-29-22-13-6-7-14-23(22)30(24)21-11-4-3-5-12-21/h3-14,17H,2,15-16,18H2,1H3,(H,27,32)(H,28,31). The molecule has 0 saturated carbocycles. The Morgan fingerprint density at radius 3 is 2.50 bits per heavy atom. The van der Waals surface area contributed by atoms with Crippen LogP contribution in [0.3, 0.4) is 0 Å². The number of fused-ring (bicyclic) bond motifs is 1. The maximum atomic E-state index is 12.5. The highest BCUT2D eigenvalue weighted by Crippen LogP contribution is 2.22. The molecule has 2 N–H and O–H groups in total. The van der Waals surface area contributed by atoms with E-state index < -0.39 is 0 Å². The van der Waals surface area contributed by atoms with Crippen molar-refractivity contribution in [2.45, 2.75) is 26.3 Å². The molecule has 0 fully saturated rings. The third-order valence-corrected chi connectivity index (χ3v) is 5.24. The van der Waals surface area contributed by atoms with E-state index >= 15 is 0 Å². The van der Waals surface area contributed by atoms with E-state index in [0.717, 1.165) is 28.1 Å². The number of benzene rings is 3. The fourth-order valence-electron chi connectivity index (χ4n) is 3.71. The summed E-state index contributed by atoms with van der Waals surface area (Å²) >= 11 is 0. The second kappa shape index (κ2) is 9.92. The Labute approximate surface area is 187 Å². The minimum atomic E-state index is -0.111. The summed E-state index contributed by atoms with van der Waals surface area (Å²) in [7, 11) is 0. The Hall–Kier alpha value is -3.93. The van der Waals surface area contributed by atoms with E-state index in [2.05, 4.69) is 15.2 Å². The van der Waals surface area contributed by atoms with Crippen molar-refractivity contribution >= 4 is 22.8 Å². The van der Waals surface area contributed by atoms with Crippen molar-refractivity contribution < 1.29 is 9.59 Å². The summed E-state index contributed by atoms with van der Waals surface area (Å²) in [6.07, 6.45) is 0.848. The van der Waals surface area contributed by atoms with Gasteiger partial charge in [0, 0.05) is 37.2 Å². The number of carbonyl (C=O) groups is 2. The summed E-state index contributed by atoms with van der Waals surface area (Å²) in [4.78, 5) is 29.3. The van der Waals surface area contributed by atoms with Gasteiger partial charge in [0.1, 0.15) is 5.82 Å². The zero-order chi connectivity index (χ0) is 22.3. The Balaban J connectivity index is 1.43. The molecule has 0 saturated heterocycles. The van der Waals surface area contributed by atoms with Crippen LogP contribution in [0.4, 0.5) is 0 Å². The first kappa shape index (κ1) is 21.3. The molecule has 6 nitrogen and oxygen atoms in total. The molecule has 3 aromatic carbocycles. The van der Waals surface area contributed by atoms with E-state index in [1.807, 2.05) is 73.7 Å². The largest absolute Gasteiger partial charge is 0.352 e. The molecule has 4 rings (SSSR count). The van der Waals surface area contributed by atoms with Gasteiger partial charge in [-0.2, -0.15) is 0 Å². The van der Waals surface area contributed by atoms with Gasteiger partial charge in [0.2, 0.25) is 5.91 Å². The van der Waals surface area contributed by atoms with E-state index in [1.165, 1.54) is 0 Å². The Morgan fingerprint density at radius 1 is 0.906 bits per heavy atom. The number of imidazole rings is 1. The van der Waals surface area contributed by atoms with Gasteiger partial charge in [0.15, 0.2) is 0 Å². The van der Waals surface area contributed by atoms with Crippen LogP contribution in [0.5, 0.6) is 0 Å². The van der Waals surface area contributed by atoms with Crippen LogP contribution in [0.1, 0.15) is 35.1 Å². The van der Waals surface area contributed by atoms with Gasteiger partial charge in [0.05, 0.1) is 11.0 Å². The van der Waals surface area contributed by atoms with Gasteiger partial charge in [-0.15, -0.1) is 0 Å². The van der Waals surface area contributed by atoms with Gasteiger partial charge in [-0.3, -0.25) is 14.2 Å². The molecule has 6 heteroatoms. The van der Waals surface area contributed by atoms with Gasteiger partial charge >= 0.3 is 0 Å². The molecular weight excluding hydrogens is 400 g/mol. The minimum Gasteiger partial charge on any atom is -0.352 e. The van der Waals surface area contributed by atoms with Crippen LogP contribution < -0.4 is 10.6 Å². The number of nitrogens with zero attached hydrogens (tertiary/aromatic N) is 2. The lowest BCUT2D eigenvalue weighted by Crippen LogP contribution is -2.25. The predicted molar refractivity (Wildman–Crippen MR) is 126 cm³/mol. The Morgan fingerprint density at radius 2 is 1.69 bits per heavy atom. The van der Waals surface area contributed by atoms with Crippen molar-refractivity contribution in [1.82, 2.24) is 20.2 Å². The van der Waals surface area contributed by atoms with Crippen molar-refractivity contribution in [3.63, 3.8) is 0 Å². The lowest BCUT2D eigenvalue weighted by Gasteiger charge is -2.10. The Bertz CT molecular complexity index is 1230. The topological polar surface area (TPSA) is 76.0 Å². The fraction of sp³-hybridized carbons (Fsp3) is 0.192. The highest BCUT2D eigenvalue weighted by atomic mass is 16.2. The maximum absolute atomic E-state index is 12.5. The van der Waals surface area contributed by atoms with E-state index in [9.17, 15) is 9.59 Å².